The Bertz CT molecular complexity index is 1280. The average molecular weight is 499 g/mol. The first-order valence-electron chi connectivity index (χ1n) is 10.8. The van der Waals surface area contributed by atoms with Gasteiger partial charge in [-0.2, -0.15) is 0 Å². The Morgan fingerprint density at radius 1 is 1.03 bits per heavy atom. The van der Waals surface area contributed by atoms with Crippen molar-refractivity contribution in [1.29, 1.82) is 5.41 Å². The Kier molecular flexibility index (Phi) is 8.05. The zero-order chi connectivity index (χ0) is 25.7. The first kappa shape index (κ1) is 25.7. The number of carboxylic acid groups (broad SMARTS) is 1. The summed E-state index contributed by atoms with van der Waals surface area (Å²) in [5.74, 6) is -2.48. The molecule has 0 aliphatic heterocycles. The van der Waals surface area contributed by atoms with Crippen molar-refractivity contribution in [2.75, 3.05) is 18.0 Å². The van der Waals surface area contributed by atoms with Crippen molar-refractivity contribution in [3.63, 3.8) is 0 Å². The van der Waals surface area contributed by atoms with Crippen LogP contribution in [0, 0.1) is 5.41 Å². The molecular formula is C23H27ClN8O3. The lowest BCUT2D eigenvalue weighted by molar-refractivity contribution is -0.138. The molecule has 11 nitrogen and oxygen atoms in total. The zero-order valence-electron chi connectivity index (χ0n) is 18.9. The lowest BCUT2D eigenvalue weighted by Gasteiger charge is -2.21. The highest BCUT2D eigenvalue weighted by Crippen LogP contribution is 2.25. The van der Waals surface area contributed by atoms with Gasteiger partial charge in [0.2, 0.25) is 0 Å². The van der Waals surface area contributed by atoms with Crippen molar-refractivity contribution in [3.05, 3.63) is 58.4 Å². The Hall–Kier alpha value is -3.96. The van der Waals surface area contributed by atoms with Gasteiger partial charge in [-0.25, -0.2) is 9.97 Å². The maximum absolute atomic E-state index is 12.9. The van der Waals surface area contributed by atoms with Gasteiger partial charge in [0.1, 0.15) is 6.04 Å². The lowest BCUT2D eigenvalue weighted by atomic mass is 9.93. The van der Waals surface area contributed by atoms with E-state index in [1.54, 1.807) is 0 Å². The number of nitrogens with zero attached hydrogens (tertiary/aromatic N) is 3. The van der Waals surface area contributed by atoms with Crippen LogP contribution in [0.3, 0.4) is 0 Å². The molecule has 0 aliphatic rings. The van der Waals surface area contributed by atoms with Gasteiger partial charge in [0, 0.05) is 6.54 Å². The summed E-state index contributed by atoms with van der Waals surface area (Å²) in [5.41, 5.74) is 24.4. The molecule has 0 fully saturated rings. The number of amides is 1. The van der Waals surface area contributed by atoms with Crippen LogP contribution in [0.5, 0.6) is 0 Å². The number of halogens is 1. The monoisotopic (exact) mass is 498 g/mol. The van der Waals surface area contributed by atoms with E-state index in [4.69, 9.17) is 45.1 Å². The van der Waals surface area contributed by atoms with Crippen molar-refractivity contribution in [2.24, 2.45) is 11.5 Å². The Labute approximate surface area is 206 Å². The summed E-state index contributed by atoms with van der Waals surface area (Å²) < 4.78 is 0. The standard InChI is InChI=1S/C23H27ClN8O3/c24-18-20(27)31-19(26)17(30-18)21(33)32(23(28)29)10-4-3-5-12-8-9-13(11-16(25)22(34)35)15-7-2-1-6-14(12)15/h1-2,6-9,16H,3-5,10-11,25H2,(H3,28,29)(H,34,35)(H4,26,27,31)/t16-/m0/s1. The number of fused-ring (bicyclic) bond motifs is 1. The third kappa shape index (κ3) is 5.94. The largest absolute Gasteiger partial charge is 0.480 e. The number of guanidine groups is 1. The molecule has 1 atom stereocenters. The van der Waals surface area contributed by atoms with Crippen molar-refractivity contribution in [1.82, 2.24) is 14.9 Å². The van der Waals surface area contributed by atoms with Crippen molar-refractivity contribution in [2.45, 2.75) is 31.7 Å². The van der Waals surface area contributed by atoms with Gasteiger partial charge < -0.3 is 28.0 Å². The minimum Gasteiger partial charge on any atom is -0.480 e. The second-order valence-corrected chi connectivity index (χ2v) is 8.37. The number of nitrogen functional groups attached to an aromatic ring is 2. The Balaban J connectivity index is 1.70. The molecule has 0 radical (unpaired) electrons. The minimum absolute atomic E-state index is 0.0988. The molecule has 1 aromatic heterocycles. The number of carboxylic acids is 1. The molecule has 12 heteroatoms. The maximum Gasteiger partial charge on any atom is 0.320 e. The molecule has 0 saturated heterocycles. The first-order valence-corrected chi connectivity index (χ1v) is 11.2. The molecule has 35 heavy (non-hydrogen) atoms. The number of aliphatic carboxylic acids is 1. The lowest BCUT2D eigenvalue weighted by Crippen LogP contribution is -2.42. The van der Waals surface area contributed by atoms with Gasteiger partial charge in [0.25, 0.3) is 5.91 Å². The summed E-state index contributed by atoms with van der Waals surface area (Å²) in [6.45, 7) is 0.167. The van der Waals surface area contributed by atoms with Crippen LogP contribution in [0.1, 0.15) is 34.5 Å². The number of aryl methyl sites for hydroxylation is 1. The van der Waals surface area contributed by atoms with E-state index in [0.29, 0.717) is 19.3 Å². The highest BCUT2D eigenvalue weighted by atomic mass is 35.5. The molecule has 1 amide bonds. The van der Waals surface area contributed by atoms with E-state index < -0.39 is 23.9 Å². The molecule has 10 N–H and O–H groups in total. The summed E-state index contributed by atoms with van der Waals surface area (Å²) in [5, 5.41) is 18.8. The van der Waals surface area contributed by atoms with Crippen LogP contribution in [0.15, 0.2) is 36.4 Å². The predicted octanol–water partition coefficient (Wildman–Crippen LogP) is 1.76. The average Bonchev–Trinajstić information content (AvgIpc) is 2.81. The van der Waals surface area contributed by atoms with Gasteiger partial charge in [-0.3, -0.25) is 19.9 Å². The molecule has 3 aromatic rings. The van der Waals surface area contributed by atoms with Crippen LogP contribution < -0.4 is 22.9 Å². The fourth-order valence-corrected chi connectivity index (χ4v) is 3.91. The highest BCUT2D eigenvalue weighted by molar-refractivity contribution is 6.31. The van der Waals surface area contributed by atoms with Gasteiger partial charge in [0.05, 0.1) is 0 Å². The van der Waals surface area contributed by atoms with E-state index in [9.17, 15) is 9.59 Å². The molecule has 0 saturated carbocycles. The SMILES string of the molecule is N=C(N)N(CCCCc1ccc(C[C@H](N)C(=O)O)c2ccccc12)C(=O)c1nc(Cl)c(N)nc1N. The van der Waals surface area contributed by atoms with Crippen LogP contribution in [0.2, 0.25) is 5.15 Å². The number of rotatable bonds is 9. The Morgan fingerprint density at radius 3 is 2.29 bits per heavy atom. The summed E-state index contributed by atoms with van der Waals surface area (Å²) >= 11 is 5.86. The molecular weight excluding hydrogens is 472 g/mol. The fraction of sp³-hybridized carbons (Fsp3) is 0.261. The minimum atomic E-state index is -1.04. The van der Waals surface area contributed by atoms with Gasteiger partial charge in [-0.1, -0.05) is 48.0 Å². The van der Waals surface area contributed by atoms with E-state index >= 15 is 0 Å². The van der Waals surface area contributed by atoms with Crippen LogP contribution in [-0.4, -0.2) is 50.4 Å². The number of nitrogens with two attached hydrogens (primary N) is 4. The summed E-state index contributed by atoms with van der Waals surface area (Å²) in [7, 11) is 0. The van der Waals surface area contributed by atoms with Gasteiger partial charge >= 0.3 is 5.97 Å². The third-order valence-corrected chi connectivity index (χ3v) is 5.86. The van der Waals surface area contributed by atoms with E-state index in [2.05, 4.69) is 9.97 Å². The second-order valence-electron chi connectivity index (χ2n) is 8.01. The number of anilines is 2. The van der Waals surface area contributed by atoms with Crippen molar-refractivity contribution in [3.8, 4) is 0 Å². The van der Waals surface area contributed by atoms with Crippen LogP contribution in [0.25, 0.3) is 10.8 Å². The van der Waals surface area contributed by atoms with E-state index in [-0.39, 0.29) is 35.4 Å². The predicted molar refractivity (Wildman–Crippen MR) is 135 cm³/mol. The summed E-state index contributed by atoms with van der Waals surface area (Å²) in [6.07, 6.45) is 2.16. The Morgan fingerprint density at radius 2 is 1.66 bits per heavy atom. The number of hydrogen-bond donors (Lipinski definition) is 6. The first-order chi connectivity index (χ1) is 16.6. The van der Waals surface area contributed by atoms with Gasteiger partial charge in [-0.05, 0) is 47.6 Å². The van der Waals surface area contributed by atoms with E-state index in [1.165, 1.54) is 0 Å². The topological polar surface area (TPSA) is 211 Å². The van der Waals surface area contributed by atoms with Crippen LogP contribution in [-0.2, 0) is 17.6 Å². The number of benzene rings is 2. The molecule has 3 rings (SSSR count). The second kappa shape index (κ2) is 11.0. The van der Waals surface area contributed by atoms with Gasteiger partial charge in [-0.15, -0.1) is 0 Å². The molecule has 0 aliphatic carbocycles. The fourth-order valence-electron chi connectivity index (χ4n) is 3.79. The number of aromatic nitrogens is 2. The number of carbonyl (C=O) groups is 2. The van der Waals surface area contributed by atoms with Crippen LogP contribution in [0.4, 0.5) is 11.6 Å². The smallest absolute Gasteiger partial charge is 0.320 e. The molecule has 2 aromatic carbocycles. The van der Waals surface area contributed by atoms with Crippen LogP contribution >= 0.6 is 11.6 Å². The molecule has 0 spiro atoms. The normalized spacial score (nSPS) is 11.8. The summed E-state index contributed by atoms with van der Waals surface area (Å²) in [6, 6.07) is 10.6. The van der Waals surface area contributed by atoms with E-state index in [0.717, 1.165) is 26.8 Å². The summed E-state index contributed by atoms with van der Waals surface area (Å²) in [4.78, 5) is 32.8. The highest BCUT2D eigenvalue weighted by Gasteiger charge is 2.24. The van der Waals surface area contributed by atoms with Gasteiger partial charge in [0.15, 0.2) is 28.4 Å². The van der Waals surface area contributed by atoms with Crippen molar-refractivity contribution < 1.29 is 14.7 Å². The number of nitrogens with one attached hydrogen (secondary N) is 1. The molecule has 0 bridgehead atoms. The number of hydrogen-bond acceptors (Lipinski definition) is 8. The number of carbonyl (C=O) groups excluding carboxylic acids is 1. The molecule has 184 valence electrons. The molecule has 0 unspecified atom stereocenters. The van der Waals surface area contributed by atoms with Crippen molar-refractivity contribution >= 4 is 51.8 Å². The quantitative estimate of drug-likeness (QED) is 0.144. The maximum atomic E-state index is 12.9. The van der Waals surface area contributed by atoms with E-state index in [1.807, 2.05) is 36.4 Å². The number of unbranched alkanes of at least 4 members (excludes halogenated alkanes) is 1. The third-order valence-electron chi connectivity index (χ3n) is 5.58. The molecule has 1 heterocycles. The zero-order valence-corrected chi connectivity index (χ0v) is 19.6.